The van der Waals surface area contributed by atoms with E-state index in [9.17, 15) is 13.6 Å². The molecule has 1 N–H and O–H groups in total. The van der Waals surface area contributed by atoms with Gasteiger partial charge in [0.25, 0.3) is 5.91 Å². The van der Waals surface area contributed by atoms with Crippen LogP contribution in [-0.2, 0) is 4.79 Å². The van der Waals surface area contributed by atoms with Gasteiger partial charge in [0.15, 0.2) is 6.30 Å². The summed E-state index contributed by atoms with van der Waals surface area (Å²) in [7, 11) is 1.45. The molecular weight excluding hydrogens is 390 g/mol. The number of alkyl halides is 1. The fraction of sp³-hybridized carbons (Fsp3) is 0.435. The van der Waals surface area contributed by atoms with Gasteiger partial charge in [0, 0.05) is 29.2 Å². The van der Waals surface area contributed by atoms with Gasteiger partial charge in [-0.25, -0.2) is 8.78 Å². The maximum Gasteiger partial charge on any atom is 0.251 e. The van der Waals surface area contributed by atoms with Gasteiger partial charge in [-0.3, -0.25) is 4.79 Å². The predicted molar refractivity (Wildman–Crippen MR) is 120 cm³/mol. The Kier molecular flexibility index (Phi) is 10.2. The number of likely N-dealkylation sites (N-methyl/N-ethyl adjacent to an activating group) is 1. The molecule has 3 nitrogen and oxygen atoms in total. The maximum absolute atomic E-state index is 13.5. The minimum atomic E-state index is -1.34. The lowest BCUT2D eigenvalue weighted by atomic mass is 10.0. The maximum atomic E-state index is 13.5. The van der Waals surface area contributed by atoms with E-state index in [1.54, 1.807) is 19.1 Å². The smallest absolute Gasteiger partial charge is 0.251 e. The highest BCUT2D eigenvalue weighted by Gasteiger charge is 2.16. The van der Waals surface area contributed by atoms with E-state index >= 15 is 0 Å². The molecule has 1 rings (SSSR count). The highest BCUT2D eigenvalue weighted by molar-refractivity contribution is 7.98. The average molecular weight is 423 g/mol. The summed E-state index contributed by atoms with van der Waals surface area (Å²) in [5.74, 6) is -0.596. The van der Waals surface area contributed by atoms with Gasteiger partial charge in [-0.05, 0) is 64.1 Å². The molecule has 0 aliphatic heterocycles. The molecule has 0 saturated heterocycles. The highest BCUT2D eigenvalue weighted by Crippen LogP contribution is 2.28. The van der Waals surface area contributed by atoms with E-state index in [0.29, 0.717) is 5.57 Å². The van der Waals surface area contributed by atoms with Gasteiger partial charge in [0.2, 0.25) is 0 Å². The number of hydrogen-bond acceptors (Lipinski definition) is 3. The molecule has 0 heterocycles. The normalized spacial score (nSPS) is 15.1. The molecule has 0 fully saturated rings. The lowest BCUT2D eigenvalue weighted by Gasteiger charge is -2.20. The number of allylic oxidation sites excluding steroid dienone is 3. The molecule has 1 amide bonds. The van der Waals surface area contributed by atoms with Crippen LogP contribution in [0, 0.1) is 5.82 Å². The Morgan fingerprint density at radius 2 is 1.93 bits per heavy atom. The number of anilines is 1. The number of carbonyl (C=O) groups excluding carboxylic acids is 1. The van der Waals surface area contributed by atoms with Gasteiger partial charge in [-0.2, -0.15) is 0 Å². The molecule has 0 saturated carbocycles. The van der Waals surface area contributed by atoms with Gasteiger partial charge < -0.3 is 10.2 Å². The first-order chi connectivity index (χ1) is 13.6. The SMILES string of the molecule is CC/C=C(/C=C(C)\C=C(/C)C(=O)N(C)C(C)F)[C@@H](C)Nc1ccc(F)cc1SC. The largest absolute Gasteiger partial charge is 0.378 e. The second-order valence-corrected chi connectivity index (χ2v) is 7.88. The first kappa shape index (κ1) is 25.0. The Morgan fingerprint density at radius 1 is 1.28 bits per heavy atom. The van der Waals surface area contributed by atoms with Crippen molar-refractivity contribution in [2.24, 2.45) is 0 Å². The lowest BCUT2D eigenvalue weighted by Crippen LogP contribution is -2.32. The van der Waals surface area contributed by atoms with Gasteiger partial charge in [-0.15, -0.1) is 11.8 Å². The van der Waals surface area contributed by atoms with Crippen molar-refractivity contribution >= 4 is 23.4 Å². The van der Waals surface area contributed by atoms with Gasteiger partial charge in [0.05, 0.1) is 0 Å². The summed E-state index contributed by atoms with van der Waals surface area (Å²) >= 11 is 1.49. The minimum absolute atomic E-state index is 0.0146. The first-order valence-corrected chi connectivity index (χ1v) is 10.9. The van der Waals surface area contributed by atoms with Crippen molar-refractivity contribution in [1.29, 1.82) is 0 Å². The molecule has 1 aromatic rings. The highest BCUT2D eigenvalue weighted by atomic mass is 32.2. The van der Waals surface area contributed by atoms with E-state index in [-0.39, 0.29) is 17.8 Å². The standard InChI is InChI=1S/C23H32F2N2OS/c1-8-9-19(13-15(2)12-16(3)23(28)27(6)18(5)24)17(4)26-21-11-10-20(25)14-22(21)29-7/h9-14,17-18,26H,8H2,1-7H3/b15-13-,16-12+,19-9-/t17-,18?/m1/s1. The molecule has 2 atom stereocenters. The third-order valence-corrected chi connectivity index (χ3v) is 5.28. The summed E-state index contributed by atoms with van der Waals surface area (Å²) in [6, 6.07) is 4.69. The van der Waals surface area contributed by atoms with E-state index in [2.05, 4.69) is 18.3 Å². The predicted octanol–water partition coefficient (Wildman–Crippen LogP) is 6.35. The van der Waals surface area contributed by atoms with E-state index in [1.165, 1.54) is 37.9 Å². The topological polar surface area (TPSA) is 32.3 Å². The van der Waals surface area contributed by atoms with E-state index < -0.39 is 6.30 Å². The summed E-state index contributed by atoms with van der Waals surface area (Å²) in [4.78, 5) is 14.2. The Morgan fingerprint density at radius 3 is 2.48 bits per heavy atom. The van der Waals surface area contributed by atoms with Crippen molar-refractivity contribution in [1.82, 2.24) is 4.90 Å². The number of nitrogens with one attached hydrogen (secondary N) is 1. The Balaban J connectivity index is 3.06. The van der Waals surface area contributed by atoms with Crippen molar-refractivity contribution in [3.63, 3.8) is 0 Å². The number of benzene rings is 1. The molecule has 1 unspecified atom stereocenters. The van der Waals surface area contributed by atoms with Crippen molar-refractivity contribution in [3.8, 4) is 0 Å². The van der Waals surface area contributed by atoms with Crippen LogP contribution in [0.4, 0.5) is 14.5 Å². The number of amides is 1. The molecule has 29 heavy (non-hydrogen) atoms. The number of carbonyl (C=O) groups is 1. The number of hydrogen-bond donors (Lipinski definition) is 1. The van der Waals surface area contributed by atoms with Gasteiger partial charge in [-0.1, -0.05) is 30.7 Å². The average Bonchev–Trinajstić information content (AvgIpc) is 2.67. The van der Waals surface area contributed by atoms with Crippen molar-refractivity contribution in [3.05, 3.63) is 59.0 Å². The summed E-state index contributed by atoms with van der Waals surface area (Å²) in [5, 5.41) is 3.44. The molecule has 0 spiro atoms. The molecule has 1 aromatic carbocycles. The molecule has 0 aromatic heterocycles. The molecule has 6 heteroatoms. The molecule has 160 valence electrons. The lowest BCUT2D eigenvalue weighted by molar-refractivity contribution is -0.130. The Labute approximate surface area is 177 Å². The monoisotopic (exact) mass is 422 g/mol. The molecule has 0 aliphatic rings. The van der Waals surface area contributed by atoms with Crippen LogP contribution in [0.15, 0.2) is 58.0 Å². The number of thioether (sulfide) groups is 1. The third kappa shape index (κ3) is 7.69. The fourth-order valence-corrected chi connectivity index (χ4v) is 3.42. The third-order valence-electron chi connectivity index (χ3n) is 4.51. The van der Waals surface area contributed by atoms with Gasteiger partial charge >= 0.3 is 0 Å². The van der Waals surface area contributed by atoms with Crippen LogP contribution in [0.25, 0.3) is 0 Å². The zero-order valence-corrected chi connectivity index (χ0v) is 19.2. The fourth-order valence-electron chi connectivity index (χ4n) is 2.84. The molecule has 0 radical (unpaired) electrons. The molecular formula is C23H32F2N2OS. The van der Waals surface area contributed by atoms with Crippen molar-refractivity contribution in [2.45, 2.75) is 58.3 Å². The van der Waals surface area contributed by atoms with E-state index in [1.807, 2.05) is 26.2 Å². The van der Waals surface area contributed by atoms with Crippen LogP contribution in [0.5, 0.6) is 0 Å². The summed E-state index contributed by atoms with van der Waals surface area (Å²) in [6.45, 7) is 9.04. The van der Waals surface area contributed by atoms with Gasteiger partial charge in [0.1, 0.15) is 5.82 Å². The van der Waals surface area contributed by atoms with E-state index in [4.69, 9.17) is 0 Å². The number of halogens is 2. The van der Waals surface area contributed by atoms with Crippen LogP contribution in [-0.4, -0.2) is 36.4 Å². The summed E-state index contributed by atoms with van der Waals surface area (Å²) in [5.41, 5.74) is 3.31. The van der Waals surface area contributed by atoms with Crippen molar-refractivity contribution < 1.29 is 13.6 Å². The van der Waals surface area contributed by atoms with Crippen molar-refractivity contribution in [2.75, 3.05) is 18.6 Å². The quantitative estimate of drug-likeness (QED) is 0.218. The summed E-state index contributed by atoms with van der Waals surface area (Å²) < 4.78 is 26.9. The van der Waals surface area contributed by atoms with Crippen LogP contribution < -0.4 is 5.32 Å². The second-order valence-electron chi connectivity index (χ2n) is 7.03. The molecule has 0 bridgehead atoms. The first-order valence-electron chi connectivity index (χ1n) is 9.68. The zero-order valence-electron chi connectivity index (χ0n) is 18.3. The Bertz CT molecular complexity index is 800. The van der Waals surface area contributed by atoms with Crippen LogP contribution in [0.2, 0.25) is 0 Å². The molecule has 0 aliphatic carbocycles. The number of rotatable bonds is 9. The van der Waals surface area contributed by atoms with Crippen LogP contribution >= 0.6 is 11.8 Å². The van der Waals surface area contributed by atoms with Crippen LogP contribution in [0.1, 0.15) is 41.0 Å². The zero-order chi connectivity index (χ0) is 22.1. The number of nitrogens with zero attached hydrogens (tertiary/aromatic N) is 1. The summed E-state index contributed by atoms with van der Waals surface area (Å²) in [6.07, 6.45) is 7.33. The van der Waals surface area contributed by atoms with Crippen LogP contribution in [0.3, 0.4) is 0 Å². The Hall–Kier alpha value is -2.08. The van der Waals surface area contributed by atoms with E-state index in [0.717, 1.165) is 33.0 Å². The minimum Gasteiger partial charge on any atom is -0.378 e. The second kappa shape index (κ2) is 11.8.